The Kier molecular flexibility index (Phi) is 9.83. The number of imidazole rings is 1. The van der Waals surface area contributed by atoms with Gasteiger partial charge in [0.15, 0.2) is 0 Å². The van der Waals surface area contributed by atoms with E-state index in [0.29, 0.717) is 29.2 Å². The van der Waals surface area contributed by atoms with E-state index in [9.17, 15) is 5.11 Å². The second-order valence-electron chi connectivity index (χ2n) is 15.8. The Bertz CT molecular complexity index is 2390. The average molecular weight is 698 g/mol. The molecule has 0 aliphatic rings. The molecule has 0 saturated heterocycles. The monoisotopic (exact) mass is 697 g/mol. The second-order valence-corrected chi connectivity index (χ2v) is 15.8. The van der Waals surface area contributed by atoms with Crippen LogP contribution in [0.25, 0.3) is 61.8 Å². The molecule has 0 unspecified atom stereocenters. The number of benzene rings is 5. The van der Waals surface area contributed by atoms with Gasteiger partial charge in [-0.05, 0) is 113 Å². The Hall–Kier alpha value is -5.48. The highest BCUT2D eigenvalue weighted by molar-refractivity contribution is 5.89. The van der Waals surface area contributed by atoms with Gasteiger partial charge < -0.3 is 5.11 Å². The van der Waals surface area contributed by atoms with E-state index < -0.39 is 0 Å². The first kappa shape index (κ1) is 35.9. The maximum Gasteiger partial charge on any atom is 0.145 e. The Morgan fingerprint density at radius 2 is 1.09 bits per heavy atom. The van der Waals surface area contributed by atoms with E-state index in [1.165, 1.54) is 22.3 Å². The maximum absolute atomic E-state index is 11.0. The molecule has 0 spiro atoms. The van der Waals surface area contributed by atoms with Crippen LogP contribution >= 0.6 is 0 Å². The number of fused-ring (bicyclic) bond motifs is 1. The lowest BCUT2D eigenvalue weighted by molar-refractivity contribution is 0.477. The Labute approximate surface area is 315 Å². The molecule has 0 bridgehead atoms. The summed E-state index contributed by atoms with van der Waals surface area (Å²) in [5, 5.41) is 11.0. The van der Waals surface area contributed by atoms with Crippen molar-refractivity contribution in [3.8, 4) is 56.5 Å². The summed E-state index contributed by atoms with van der Waals surface area (Å²) in [6.07, 6.45) is 0. The van der Waals surface area contributed by atoms with Crippen LogP contribution in [0, 0.1) is 6.92 Å². The number of aryl methyl sites for hydroxylation is 1. The molecular formula is C49H51N3O. The molecule has 4 nitrogen and oxygen atoms in total. The molecule has 0 atom stereocenters. The lowest BCUT2D eigenvalue weighted by Crippen LogP contribution is -2.03. The molecule has 0 radical (unpaired) electrons. The molecule has 0 amide bonds. The number of hydrogen-bond acceptors (Lipinski definition) is 3. The van der Waals surface area contributed by atoms with Crippen LogP contribution < -0.4 is 0 Å². The number of hydrogen-bond donors (Lipinski definition) is 1. The van der Waals surface area contributed by atoms with Gasteiger partial charge in [-0.2, -0.15) is 0 Å². The lowest BCUT2D eigenvalue weighted by Gasteiger charge is -2.20. The molecule has 7 aromatic rings. The SMILES string of the molecule is Cc1cc(-c2ccccc2O)nc(-c2cccc(-c3nc4ccccc4n3-c3cc(C(C)C)cc(C(C)C)c3)c2)c1-c1cc(C(C)C)cc(C(C)C)c1. The number of para-hydroxylation sites is 3. The van der Waals surface area contributed by atoms with Crippen LogP contribution in [0.2, 0.25) is 0 Å². The van der Waals surface area contributed by atoms with Crippen molar-refractivity contribution in [2.75, 3.05) is 0 Å². The normalized spacial score (nSPS) is 11.9. The molecule has 0 saturated carbocycles. The molecule has 4 heteroatoms. The van der Waals surface area contributed by atoms with Crippen molar-refractivity contribution >= 4 is 11.0 Å². The first-order valence-electron chi connectivity index (χ1n) is 19.1. The summed E-state index contributed by atoms with van der Waals surface area (Å²) in [7, 11) is 0. The average Bonchev–Trinajstić information content (AvgIpc) is 3.54. The zero-order valence-electron chi connectivity index (χ0n) is 32.6. The number of aromatic nitrogens is 3. The number of rotatable bonds is 9. The van der Waals surface area contributed by atoms with Crippen LogP contribution in [0.5, 0.6) is 5.75 Å². The summed E-state index contributed by atoms with van der Waals surface area (Å²) in [6.45, 7) is 20.2. The van der Waals surface area contributed by atoms with Crippen molar-refractivity contribution in [2.45, 2.75) is 86.0 Å². The number of aromatic hydroxyl groups is 1. The molecule has 2 aromatic heterocycles. The van der Waals surface area contributed by atoms with Crippen LogP contribution in [0.4, 0.5) is 0 Å². The van der Waals surface area contributed by atoms with Crippen molar-refractivity contribution in [2.24, 2.45) is 0 Å². The fourth-order valence-corrected chi connectivity index (χ4v) is 7.30. The van der Waals surface area contributed by atoms with Gasteiger partial charge in [0.25, 0.3) is 0 Å². The summed E-state index contributed by atoms with van der Waals surface area (Å²) in [5.74, 6) is 2.65. The molecule has 0 aliphatic heterocycles. The van der Waals surface area contributed by atoms with E-state index >= 15 is 0 Å². The Balaban J connectivity index is 1.50. The van der Waals surface area contributed by atoms with Crippen LogP contribution in [0.15, 0.2) is 115 Å². The van der Waals surface area contributed by atoms with Gasteiger partial charge in [-0.15, -0.1) is 0 Å². The molecule has 0 fully saturated rings. The second kappa shape index (κ2) is 14.5. The van der Waals surface area contributed by atoms with E-state index in [0.717, 1.165) is 61.8 Å². The number of phenols is 1. The van der Waals surface area contributed by atoms with Gasteiger partial charge in [-0.1, -0.05) is 122 Å². The summed E-state index contributed by atoms with van der Waals surface area (Å²) >= 11 is 0. The molecule has 1 N–H and O–H groups in total. The minimum atomic E-state index is 0.217. The first-order chi connectivity index (χ1) is 25.4. The predicted octanol–water partition coefficient (Wildman–Crippen LogP) is 13.6. The zero-order chi connectivity index (χ0) is 37.6. The van der Waals surface area contributed by atoms with Crippen LogP contribution in [0.3, 0.4) is 0 Å². The predicted molar refractivity (Wildman–Crippen MR) is 223 cm³/mol. The van der Waals surface area contributed by atoms with Gasteiger partial charge in [0.1, 0.15) is 11.6 Å². The fourth-order valence-electron chi connectivity index (χ4n) is 7.30. The number of nitrogens with zero attached hydrogens (tertiary/aromatic N) is 3. The highest BCUT2D eigenvalue weighted by Crippen LogP contribution is 2.41. The van der Waals surface area contributed by atoms with Crippen molar-refractivity contribution in [3.63, 3.8) is 0 Å². The molecular weight excluding hydrogens is 647 g/mol. The molecule has 2 heterocycles. The maximum atomic E-state index is 11.0. The molecule has 7 rings (SSSR count). The van der Waals surface area contributed by atoms with E-state index in [1.807, 2.05) is 18.2 Å². The van der Waals surface area contributed by atoms with Crippen molar-refractivity contribution in [1.82, 2.24) is 14.5 Å². The smallest absolute Gasteiger partial charge is 0.145 e. The highest BCUT2D eigenvalue weighted by Gasteiger charge is 2.21. The van der Waals surface area contributed by atoms with Crippen molar-refractivity contribution in [1.29, 1.82) is 0 Å². The van der Waals surface area contributed by atoms with Gasteiger partial charge in [0.2, 0.25) is 0 Å². The minimum absolute atomic E-state index is 0.217. The Morgan fingerprint density at radius 3 is 1.72 bits per heavy atom. The van der Waals surface area contributed by atoms with Crippen LogP contribution in [0.1, 0.15) is 107 Å². The van der Waals surface area contributed by atoms with E-state index in [2.05, 4.69) is 158 Å². The van der Waals surface area contributed by atoms with Crippen LogP contribution in [-0.2, 0) is 0 Å². The fraction of sp³-hybridized carbons (Fsp3) is 0.265. The largest absolute Gasteiger partial charge is 0.507 e. The standard InChI is InChI=1S/C49H51N3O/c1-29(2)36-23-37(30(3)4)26-40(25-36)47-33(9)21-44(42-17-10-13-20-46(42)53)50-48(47)34-15-14-16-35(22-34)49-51-43-18-11-12-19-45(43)52(49)41-27-38(31(5)6)24-39(28-41)32(7)8/h10-32,53H,1-9H3. The third kappa shape index (κ3) is 7.03. The van der Waals surface area contributed by atoms with E-state index in [-0.39, 0.29) is 5.75 Å². The number of phenolic OH excluding ortho intramolecular Hbond substituents is 1. The zero-order valence-corrected chi connectivity index (χ0v) is 32.6. The van der Waals surface area contributed by atoms with Gasteiger partial charge in [-0.3, -0.25) is 4.57 Å². The third-order valence-corrected chi connectivity index (χ3v) is 10.5. The van der Waals surface area contributed by atoms with Gasteiger partial charge in [0.05, 0.1) is 22.4 Å². The van der Waals surface area contributed by atoms with Gasteiger partial charge in [0, 0.05) is 27.9 Å². The van der Waals surface area contributed by atoms with Crippen molar-refractivity contribution in [3.05, 3.63) is 143 Å². The molecule has 0 aliphatic carbocycles. The topological polar surface area (TPSA) is 50.9 Å². The summed E-state index contributed by atoms with van der Waals surface area (Å²) in [6, 6.07) is 40.7. The lowest BCUT2D eigenvalue weighted by atomic mass is 9.87. The quantitative estimate of drug-likeness (QED) is 0.163. The minimum Gasteiger partial charge on any atom is -0.507 e. The molecule has 53 heavy (non-hydrogen) atoms. The summed E-state index contributed by atoms with van der Waals surface area (Å²) in [5.41, 5.74) is 16.1. The molecule has 268 valence electrons. The summed E-state index contributed by atoms with van der Waals surface area (Å²) in [4.78, 5) is 10.7. The van der Waals surface area contributed by atoms with Crippen LogP contribution in [-0.4, -0.2) is 19.6 Å². The Morgan fingerprint density at radius 1 is 0.528 bits per heavy atom. The van der Waals surface area contributed by atoms with E-state index in [1.54, 1.807) is 6.07 Å². The number of pyridine rings is 1. The van der Waals surface area contributed by atoms with Gasteiger partial charge >= 0.3 is 0 Å². The highest BCUT2D eigenvalue weighted by atomic mass is 16.3. The van der Waals surface area contributed by atoms with Crippen molar-refractivity contribution < 1.29 is 5.11 Å². The summed E-state index contributed by atoms with van der Waals surface area (Å²) < 4.78 is 2.32. The third-order valence-electron chi connectivity index (χ3n) is 10.5. The molecule has 5 aromatic carbocycles. The van der Waals surface area contributed by atoms with E-state index in [4.69, 9.17) is 9.97 Å². The van der Waals surface area contributed by atoms with Gasteiger partial charge in [-0.25, -0.2) is 9.97 Å². The first-order valence-corrected chi connectivity index (χ1v) is 19.1.